The number of rotatable bonds is 6. The van der Waals surface area contributed by atoms with E-state index in [0.717, 1.165) is 4.57 Å². The SMILES string of the molecule is COCCOc1cnc2ccn(C(N)C(=O)O)c(=O)c2c1. The maximum atomic E-state index is 12.3. The van der Waals surface area contributed by atoms with Gasteiger partial charge in [-0.15, -0.1) is 0 Å². The number of hydrogen-bond acceptors (Lipinski definition) is 6. The molecule has 8 nitrogen and oxygen atoms in total. The van der Waals surface area contributed by atoms with Crippen molar-refractivity contribution < 1.29 is 19.4 Å². The summed E-state index contributed by atoms with van der Waals surface area (Å²) in [6, 6.07) is 3.03. The monoisotopic (exact) mass is 293 g/mol. The molecule has 2 heterocycles. The van der Waals surface area contributed by atoms with Crippen molar-refractivity contribution in [2.24, 2.45) is 5.73 Å². The van der Waals surface area contributed by atoms with Gasteiger partial charge >= 0.3 is 5.97 Å². The Kier molecular flexibility index (Phi) is 4.51. The van der Waals surface area contributed by atoms with Gasteiger partial charge in [0.1, 0.15) is 12.4 Å². The van der Waals surface area contributed by atoms with Crippen molar-refractivity contribution in [1.82, 2.24) is 9.55 Å². The third-order valence-corrected chi connectivity index (χ3v) is 2.86. The second kappa shape index (κ2) is 6.33. The van der Waals surface area contributed by atoms with Crippen molar-refractivity contribution in [3.05, 3.63) is 34.9 Å². The highest BCUT2D eigenvalue weighted by Crippen LogP contribution is 2.15. The number of pyridine rings is 2. The van der Waals surface area contributed by atoms with Crippen LogP contribution < -0.4 is 16.0 Å². The maximum Gasteiger partial charge on any atom is 0.341 e. The number of methoxy groups -OCH3 is 1. The summed E-state index contributed by atoms with van der Waals surface area (Å²) in [5, 5.41) is 9.13. The van der Waals surface area contributed by atoms with Crippen LogP contribution in [0.4, 0.5) is 0 Å². The largest absolute Gasteiger partial charge is 0.490 e. The lowest BCUT2D eigenvalue weighted by Gasteiger charge is -2.11. The lowest BCUT2D eigenvalue weighted by Crippen LogP contribution is -2.35. The van der Waals surface area contributed by atoms with Gasteiger partial charge in [0, 0.05) is 13.3 Å². The first-order valence-corrected chi connectivity index (χ1v) is 6.15. The first-order chi connectivity index (χ1) is 10.0. The van der Waals surface area contributed by atoms with Crippen molar-refractivity contribution in [3.63, 3.8) is 0 Å². The number of carboxylic acid groups (broad SMARTS) is 1. The summed E-state index contributed by atoms with van der Waals surface area (Å²) in [4.78, 5) is 27.2. The molecule has 3 N–H and O–H groups in total. The summed E-state index contributed by atoms with van der Waals surface area (Å²) >= 11 is 0. The zero-order chi connectivity index (χ0) is 15.4. The minimum absolute atomic E-state index is 0.240. The predicted octanol–water partition coefficient (Wildman–Crippen LogP) is -0.0364. The van der Waals surface area contributed by atoms with E-state index in [2.05, 4.69) is 4.98 Å². The number of fused-ring (bicyclic) bond motifs is 1. The van der Waals surface area contributed by atoms with Crippen molar-refractivity contribution in [2.75, 3.05) is 20.3 Å². The highest BCUT2D eigenvalue weighted by molar-refractivity contribution is 5.79. The van der Waals surface area contributed by atoms with Gasteiger partial charge in [-0.25, -0.2) is 4.79 Å². The average Bonchev–Trinajstić information content (AvgIpc) is 2.47. The molecule has 0 fully saturated rings. The molecule has 112 valence electrons. The Labute approximate surface area is 119 Å². The number of carbonyl (C=O) groups is 1. The molecule has 0 aliphatic rings. The first kappa shape index (κ1) is 14.9. The summed E-state index contributed by atoms with van der Waals surface area (Å²) in [6.45, 7) is 0.723. The molecule has 0 aromatic carbocycles. The van der Waals surface area contributed by atoms with Gasteiger partial charge in [0.2, 0.25) is 0 Å². The molecule has 0 bridgehead atoms. The molecule has 0 aliphatic heterocycles. The van der Waals surface area contributed by atoms with E-state index in [4.69, 9.17) is 20.3 Å². The maximum absolute atomic E-state index is 12.3. The summed E-state index contributed by atoms with van der Waals surface area (Å²) in [5.74, 6) is -0.893. The second-order valence-electron chi connectivity index (χ2n) is 4.26. The Balaban J connectivity index is 2.42. The Morgan fingerprint density at radius 2 is 2.29 bits per heavy atom. The van der Waals surface area contributed by atoms with Crippen LogP contribution in [-0.4, -0.2) is 41.0 Å². The second-order valence-corrected chi connectivity index (χ2v) is 4.26. The van der Waals surface area contributed by atoms with E-state index < -0.39 is 17.7 Å². The standard InChI is InChI=1S/C13H15N3O5/c1-20-4-5-21-8-6-9-10(15-7-8)2-3-16(12(9)17)11(14)13(18)19/h2-3,6-7,11H,4-5,14H2,1H3,(H,18,19). The molecule has 8 heteroatoms. The number of aromatic nitrogens is 2. The van der Waals surface area contributed by atoms with E-state index in [1.807, 2.05) is 0 Å². The molecule has 1 unspecified atom stereocenters. The number of nitrogens with zero attached hydrogens (tertiary/aromatic N) is 2. The smallest absolute Gasteiger partial charge is 0.341 e. The third-order valence-electron chi connectivity index (χ3n) is 2.86. The molecular formula is C13H15N3O5. The topological polar surface area (TPSA) is 117 Å². The van der Waals surface area contributed by atoms with Crippen LogP contribution in [0.3, 0.4) is 0 Å². The van der Waals surface area contributed by atoms with Crippen LogP contribution in [0, 0.1) is 0 Å². The van der Waals surface area contributed by atoms with Crippen LogP contribution in [0.25, 0.3) is 10.9 Å². The molecule has 2 rings (SSSR count). The fourth-order valence-corrected chi connectivity index (χ4v) is 1.78. The lowest BCUT2D eigenvalue weighted by molar-refractivity contribution is -0.140. The van der Waals surface area contributed by atoms with Gasteiger partial charge in [-0.3, -0.25) is 14.3 Å². The summed E-state index contributed by atoms with van der Waals surface area (Å²) in [5.41, 5.74) is 5.36. The fourth-order valence-electron chi connectivity index (χ4n) is 1.78. The molecule has 0 spiro atoms. The van der Waals surface area contributed by atoms with Gasteiger partial charge in [0.05, 0.1) is 23.7 Å². The lowest BCUT2D eigenvalue weighted by atomic mass is 10.2. The van der Waals surface area contributed by atoms with E-state index in [-0.39, 0.29) is 5.39 Å². The van der Waals surface area contributed by atoms with E-state index in [1.54, 1.807) is 7.11 Å². The van der Waals surface area contributed by atoms with Crippen molar-refractivity contribution in [2.45, 2.75) is 6.17 Å². The van der Waals surface area contributed by atoms with Gasteiger partial charge < -0.3 is 20.3 Å². The highest BCUT2D eigenvalue weighted by atomic mass is 16.5. The molecule has 0 radical (unpaired) electrons. The Hall–Kier alpha value is -2.45. The third kappa shape index (κ3) is 3.18. The highest BCUT2D eigenvalue weighted by Gasteiger charge is 2.16. The zero-order valence-electron chi connectivity index (χ0n) is 11.4. The van der Waals surface area contributed by atoms with E-state index in [9.17, 15) is 9.59 Å². The molecule has 0 amide bonds. The van der Waals surface area contributed by atoms with Gasteiger partial charge in [-0.2, -0.15) is 0 Å². The van der Waals surface area contributed by atoms with Crippen molar-refractivity contribution >= 4 is 16.9 Å². The fraction of sp³-hybridized carbons (Fsp3) is 0.308. The molecule has 0 saturated carbocycles. The van der Waals surface area contributed by atoms with Crippen molar-refractivity contribution in [3.8, 4) is 5.75 Å². The average molecular weight is 293 g/mol. The van der Waals surface area contributed by atoms with Crippen LogP contribution in [0.15, 0.2) is 29.3 Å². The minimum Gasteiger partial charge on any atom is -0.490 e. The van der Waals surface area contributed by atoms with Gasteiger partial charge in [0.15, 0.2) is 6.17 Å². The molecule has 21 heavy (non-hydrogen) atoms. The molecule has 2 aromatic heterocycles. The summed E-state index contributed by atoms with van der Waals surface area (Å²) in [6.07, 6.45) is 1.35. The number of nitrogens with two attached hydrogens (primary N) is 1. The van der Waals surface area contributed by atoms with Crippen LogP contribution in [0.2, 0.25) is 0 Å². The summed E-state index contributed by atoms with van der Waals surface area (Å²) < 4.78 is 11.2. The van der Waals surface area contributed by atoms with Gasteiger partial charge in [-0.1, -0.05) is 0 Å². The van der Waals surface area contributed by atoms with Crippen LogP contribution in [-0.2, 0) is 9.53 Å². The Morgan fingerprint density at radius 1 is 1.52 bits per heavy atom. The van der Waals surface area contributed by atoms with E-state index in [1.165, 1.54) is 24.5 Å². The van der Waals surface area contributed by atoms with Crippen LogP contribution in [0.1, 0.15) is 6.17 Å². The summed E-state index contributed by atoms with van der Waals surface area (Å²) in [7, 11) is 1.55. The quantitative estimate of drug-likeness (QED) is 0.718. The first-order valence-electron chi connectivity index (χ1n) is 6.15. The number of ether oxygens (including phenoxy) is 2. The minimum atomic E-state index is -1.44. The molecule has 0 saturated heterocycles. The van der Waals surface area contributed by atoms with Crippen LogP contribution in [0.5, 0.6) is 5.75 Å². The molecule has 0 aliphatic carbocycles. The molecule has 2 aromatic rings. The molecular weight excluding hydrogens is 278 g/mol. The molecule has 1 atom stereocenters. The van der Waals surface area contributed by atoms with Crippen LogP contribution >= 0.6 is 0 Å². The Bertz CT molecular complexity index is 713. The predicted molar refractivity (Wildman–Crippen MR) is 74.2 cm³/mol. The number of carboxylic acids is 1. The van der Waals surface area contributed by atoms with E-state index >= 15 is 0 Å². The van der Waals surface area contributed by atoms with E-state index in [0.29, 0.717) is 24.5 Å². The van der Waals surface area contributed by atoms with Gasteiger partial charge in [0.25, 0.3) is 5.56 Å². The normalized spacial score (nSPS) is 12.3. The zero-order valence-corrected chi connectivity index (χ0v) is 11.4. The Morgan fingerprint density at radius 3 is 2.95 bits per heavy atom. The van der Waals surface area contributed by atoms with Gasteiger partial charge in [-0.05, 0) is 12.1 Å². The van der Waals surface area contributed by atoms with Crippen molar-refractivity contribution in [1.29, 1.82) is 0 Å². The number of hydrogen-bond donors (Lipinski definition) is 2. The number of aliphatic carboxylic acids is 1.